The number of aliphatic hydroxyl groups excluding tert-OH is 1. The van der Waals surface area contributed by atoms with Gasteiger partial charge < -0.3 is 20.5 Å². The zero-order chi connectivity index (χ0) is 17.5. The fraction of sp³-hybridized carbons (Fsp3) is 0.438. The first-order chi connectivity index (χ1) is 11.6. The second-order valence-corrected chi connectivity index (χ2v) is 5.36. The Labute approximate surface area is 140 Å². The number of benzene rings is 1. The quantitative estimate of drug-likeness (QED) is 0.671. The second-order valence-electron chi connectivity index (χ2n) is 5.36. The van der Waals surface area contributed by atoms with Gasteiger partial charge in [-0.25, -0.2) is 0 Å². The van der Waals surface area contributed by atoms with Gasteiger partial charge in [0.2, 0.25) is 5.91 Å². The van der Waals surface area contributed by atoms with Crippen LogP contribution in [0.4, 0.5) is 5.69 Å². The number of amides is 2. The summed E-state index contributed by atoms with van der Waals surface area (Å²) in [5, 5.41) is 14.9. The van der Waals surface area contributed by atoms with E-state index in [2.05, 4.69) is 5.10 Å². The van der Waals surface area contributed by atoms with E-state index in [0.29, 0.717) is 18.8 Å². The van der Waals surface area contributed by atoms with Crippen molar-refractivity contribution in [2.75, 3.05) is 38.4 Å². The van der Waals surface area contributed by atoms with Gasteiger partial charge in [-0.15, -0.1) is 0 Å². The van der Waals surface area contributed by atoms with Crippen molar-refractivity contribution in [2.45, 2.75) is 12.5 Å². The standard InChI is InChI=1S/C16H22N4O4/c1-24-10-8-19(7-9-21)16(23)13-11-14(15(17)22)20(18-13)12-5-3-2-4-6-12/h2-6,14,21H,7-11H2,1H3,(H2,17,22)/t14-/m0/s1. The maximum absolute atomic E-state index is 12.6. The van der Waals surface area contributed by atoms with Crippen molar-refractivity contribution < 1.29 is 19.4 Å². The molecule has 2 amide bonds. The number of anilines is 1. The lowest BCUT2D eigenvalue weighted by atomic mass is 10.1. The number of nitrogens with two attached hydrogens (primary N) is 1. The molecule has 8 heteroatoms. The van der Waals surface area contributed by atoms with Crippen molar-refractivity contribution in [3.8, 4) is 0 Å². The Morgan fingerprint density at radius 2 is 2.08 bits per heavy atom. The van der Waals surface area contributed by atoms with Crippen molar-refractivity contribution in [3.05, 3.63) is 30.3 Å². The lowest BCUT2D eigenvalue weighted by Gasteiger charge is -2.20. The Hall–Kier alpha value is -2.45. The van der Waals surface area contributed by atoms with Crippen molar-refractivity contribution in [1.29, 1.82) is 0 Å². The van der Waals surface area contributed by atoms with E-state index in [1.807, 2.05) is 18.2 Å². The van der Waals surface area contributed by atoms with Gasteiger partial charge in [-0.1, -0.05) is 18.2 Å². The summed E-state index contributed by atoms with van der Waals surface area (Å²) < 4.78 is 4.98. The summed E-state index contributed by atoms with van der Waals surface area (Å²) in [7, 11) is 1.54. The summed E-state index contributed by atoms with van der Waals surface area (Å²) in [4.78, 5) is 25.8. The molecule has 1 heterocycles. The Morgan fingerprint density at radius 1 is 1.38 bits per heavy atom. The van der Waals surface area contributed by atoms with E-state index >= 15 is 0 Å². The largest absolute Gasteiger partial charge is 0.395 e. The van der Waals surface area contributed by atoms with Crippen LogP contribution in [0.1, 0.15) is 6.42 Å². The molecular weight excluding hydrogens is 312 g/mol. The molecule has 0 spiro atoms. The SMILES string of the molecule is COCCN(CCO)C(=O)C1=NN(c2ccccc2)[C@H](C(N)=O)C1. The fourth-order valence-electron chi connectivity index (χ4n) is 2.50. The Balaban J connectivity index is 2.22. The Morgan fingerprint density at radius 3 is 2.67 bits per heavy atom. The number of para-hydroxylation sites is 1. The predicted octanol–water partition coefficient (Wildman–Crippen LogP) is -0.426. The molecule has 1 aromatic carbocycles. The van der Waals surface area contributed by atoms with Crippen LogP contribution < -0.4 is 10.7 Å². The first-order valence-corrected chi connectivity index (χ1v) is 7.68. The topological polar surface area (TPSA) is 108 Å². The second kappa shape index (κ2) is 8.42. The average molecular weight is 334 g/mol. The highest BCUT2D eigenvalue weighted by molar-refractivity contribution is 6.40. The molecular formula is C16H22N4O4. The molecule has 1 aromatic rings. The van der Waals surface area contributed by atoms with Crippen LogP contribution in [0.15, 0.2) is 35.4 Å². The van der Waals surface area contributed by atoms with Gasteiger partial charge in [-0.2, -0.15) is 5.10 Å². The number of hydrogen-bond donors (Lipinski definition) is 2. The lowest BCUT2D eigenvalue weighted by molar-refractivity contribution is -0.125. The van der Waals surface area contributed by atoms with Crippen LogP contribution in [0.25, 0.3) is 0 Å². The number of nitrogens with zero attached hydrogens (tertiary/aromatic N) is 3. The van der Waals surface area contributed by atoms with E-state index in [9.17, 15) is 9.59 Å². The number of carbonyl (C=O) groups is 2. The molecule has 130 valence electrons. The normalized spacial score (nSPS) is 16.8. The summed E-state index contributed by atoms with van der Waals surface area (Å²) in [6, 6.07) is 8.37. The van der Waals surface area contributed by atoms with Crippen molar-refractivity contribution in [1.82, 2.24) is 4.90 Å². The van der Waals surface area contributed by atoms with E-state index in [0.717, 1.165) is 0 Å². The summed E-state index contributed by atoms with van der Waals surface area (Å²) in [6.45, 7) is 0.695. The monoisotopic (exact) mass is 334 g/mol. The highest BCUT2D eigenvalue weighted by Crippen LogP contribution is 2.24. The molecule has 2 rings (SSSR count). The van der Waals surface area contributed by atoms with Crippen LogP contribution in [0, 0.1) is 0 Å². The molecule has 1 atom stereocenters. The van der Waals surface area contributed by atoms with Crippen LogP contribution in [0.2, 0.25) is 0 Å². The van der Waals surface area contributed by atoms with Gasteiger partial charge in [0.05, 0.1) is 18.9 Å². The van der Waals surface area contributed by atoms with Crippen molar-refractivity contribution in [2.24, 2.45) is 10.8 Å². The highest BCUT2D eigenvalue weighted by atomic mass is 16.5. The molecule has 0 saturated carbocycles. The molecule has 0 unspecified atom stereocenters. The number of carbonyl (C=O) groups excluding carboxylic acids is 2. The van der Waals surface area contributed by atoms with Gasteiger partial charge in [-0.3, -0.25) is 14.6 Å². The number of ether oxygens (including phenoxy) is 1. The summed E-state index contributed by atoms with van der Waals surface area (Å²) in [5.74, 6) is -0.873. The number of methoxy groups -OCH3 is 1. The zero-order valence-corrected chi connectivity index (χ0v) is 13.6. The number of hydrogen-bond acceptors (Lipinski definition) is 6. The molecule has 0 bridgehead atoms. The lowest BCUT2D eigenvalue weighted by Crippen LogP contribution is -2.42. The van der Waals surface area contributed by atoms with Gasteiger partial charge in [0.15, 0.2) is 0 Å². The smallest absolute Gasteiger partial charge is 0.270 e. The first-order valence-electron chi connectivity index (χ1n) is 7.68. The highest BCUT2D eigenvalue weighted by Gasteiger charge is 2.36. The van der Waals surface area contributed by atoms with Gasteiger partial charge >= 0.3 is 0 Å². The zero-order valence-electron chi connectivity index (χ0n) is 13.6. The summed E-state index contributed by atoms with van der Waals surface area (Å²) in [6.07, 6.45) is 0.137. The molecule has 3 N–H and O–H groups in total. The van der Waals surface area contributed by atoms with Crippen LogP contribution in [0.3, 0.4) is 0 Å². The summed E-state index contributed by atoms with van der Waals surface area (Å²) in [5.41, 5.74) is 6.40. The molecule has 0 fully saturated rings. The third-order valence-electron chi connectivity index (χ3n) is 3.73. The van der Waals surface area contributed by atoms with E-state index in [1.165, 1.54) is 17.0 Å². The average Bonchev–Trinajstić information content (AvgIpc) is 3.04. The van der Waals surface area contributed by atoms with Crippen LogP contribution >= 0.6 is 0 Å². The van der Waals surface area contributed by atoms with E-state index in [1.54, 1.807) is 12.1 Å². The molecule has 1 aliphatic rings. The number of rotatable bonds is 8. The molecule has 0 aromatic heterocycles. The minimum atomic E-state index is -0.704. The van der Waals surface area contributed by atoms with Crippen molar-refractivity contribution in [3.63, 3.8) is 0 Å². The van der Waals surface area contributed by atoms with Crippen LogP contribution in [0.5, 0.6) is 0 Å². The number of primary amides is 1. The Bertz CT molecular complexity index is 605. The van der Waals surface area contributed by atoms with E-state index in [-0.39, 0.29) is 31.2 Å². The molecule has 24 heavy (non-hydrogen) atoms. The Kier molecular flexibility index (Phi) is 6.28. The minimum Gasteiger partial charge on any atom is -0.395 e. The maximum Gasteiger partial charge on any atom is 0.270 e. The maximum atomic E-state index is 12.6. The number of hydrazone groups is 1. The minimum absolute atomic E-state index is 0.137. The summed E-state index contributed by atoms with van der Waals surface area (Å²) >= 11 is 0. The van der Waals surface area contributed by atoms with Crippen LogP contribution in [-0.4, -0.2) is 67.0 Å². The third kappa shape index (κ3) is 4.09. The molecule has 0 aliphatic carbocycles. The van der Waals surface area contributed by atoms with E-state index < -0.39 is 11.9 Å². The fourth-order valence-corrected chi connectivity index (χ4v) is 2.50. The molecule has 8 nitrogen and oxygen atoms in total. The predicted molar refractivity (Wildman–Crippen MR) is 89.5 cm³/mol. The van der Waals surface area contributed by atoms with E-state index in [4.69, 9.17) is 15.6 Å². The number of aliphatic hydroxyl groups is 1. The molecule has 1 aliphatic heterocycles. The molecule has 0 radical (unpaired) electrons. The first kappa shape index (κ1) is 17.9. The van der Waals surface area contributed by atoms with Crippen molar-refractivity contribution >= 4 is 23.2 Å². The van der Waals surface area contributed by atoms with Gasteiger partial charge in [0, 0.05) is 26.6 Å². The molecule has 0 saturated heterocycles. The third-order valence-corrected chi connectivity index (χ3v) is 3.73. The van der Waals surface area contributed by atoms with Gasteiger partial charge in [0.25, 0.3) is 5.91 Å². The van der Waals surface area contributed by atoms with Crippen LogP contribution in [-0.2, 0) is 14.3 Å². The van der Waals surface area contributed by atoms with Gasteiger partial charge in [0.1, 0.15) is 11.8 Å². The van der Waals surface area contributed by atoms with Gasteiger partial charge in [-0.05, 0) is 12.1 Å².